The first-order valence-corrected chi connectivity index (χ1v) is 7.17. The van der Waals surface area contributed by atoms with Crippen molar-refractivity contribution in [3.8, 4) is 0 Å². The summed E-state index contributed by atoms with van der Waals surface area (Å²) in [6.07, 6.45) is -0.853. The smallest absolute Gasteiger partial charge is 0.379 e. The van der Waals surface area contributed by atoms with Crippen LogP contribution in [0.5, 0.6) is 0 Å². The van der Waals surface area contributed by atoms with Crippen molar-refractivity contribution < 1.29 is 17.9 Å². The Labute approximate surface area is 112 Å². The van der Waals surface area contributed by atoms with Crippen molar-refractivity contribution in [2.75, 3.05) is 39.4 Å². The minimum Gasteiger partial charge on any atom is -0.379 e. The number of hydrogen-bond acceptors (Lipinski definition) is 3. The number of ether oxygens (including phenoxy) is 1. The van der Waals surface area contributed by atoms with Crippen LogP contribution in [0.3, 0.4) is 0 Å². The molecule has 1 N–H and O–H groups in total. The van der Waals surface area contributed by atoms with E-state index in [1.807, 2.05) is 0 Å². The van der Waals surface area contributed by atoms with Gasteiger partial charge in [-0.15, -0.1) is 0 Å². The molecule has 19 heavy (non-hydrogen) atoms. The molecule has 0 bridgehead atoms. The summed E-state index contributed by atoms with van der Waals surface area (Å²) in [6, 6.07) is -1.32. The predicted molar refractivity (Wildman–Crippen MR) is 67.1 cm³/mol. The summed E-state index contributed by atoms with van der Waals surface area (Å²) in [6.45, 7) is 4.09. The van der Waals surface area contributed by atoms with E-state index >= 15 is 0 Å². The van der Waals surface area contributed by atoms with Crippen LogP contribution in [0.25, 0.3) is 0 Å². The molecule has 2 aliphatic rings. The summed E-state index contributed by atoms with van der Waals surface area (Å²) in [7, 11) is 0. The third-order valence-electron chi connectivity index (χ3n) is 4.12. The Morgan fingerprint density at radius 3 is 2.37 bits per heavy atom. The van der Waals surface area contributed by atoms with E-state index in [-0.39, 0.29) is 5.92 Å². The quantitative estimate of drug-likeness (QED) is 0.834. The predicted octanol–water partition coefficient (Wildman–Crippen LogP) is 2.03. The fourth-order valence-corrected chi connectivity index (χ4v) is 3.04. The van der Waals surface area contributed by atoms with Gasteiger partial charge in [0.2, 0.25) is 0 Å². The molecule has 1 saturated carbocycles. The zero-order valence-corrected chi connectivity index (χ0v) is 11.2. The van der Waals surface area contributed by atoms with Crippen LogP contribution >= 0.6 is 0 Å². The molecular weight excluding hydrogens is 257 g/mol. The lowest BCUT2D eigenvalue weighted by atomic mass is 9.97. The minimum atomic E-state index is -4.12. The van der Waals surface area contributed by atoms with Gasteiger partial charge < -0.3 is 10.1 Å². The second-order valence-corrected chi connectivity index (χ2v) is 5.47. The molecule has 0 aromatic rings. The summed E-state index contributed by atoms with van der Waals surface area (Å²) >= 11 is 0. The molecule has 0 aromatic heterocycles. The van der Waals surface area contributed by atoms with Crippen LogP contribution in [0.4, 0.5) is 13.2 Å². The average Bonchev–Trinajstić information content (AvgIpc) is 2.88. The van der Waals surface area contributed by atoms with Gasteiger partial charge in [-0.25, -0.2) is 0 Å². The van der Waals surface area contributed by atoms with E-state index in [1.165, 1.54) is 0 Å². The molecule has 3 nitrogen and oxygen atoms in total. The van der Waals surface area contributed by atoms with Gasteiger partial charge in [0, 0.05) is 26.2 Å². The zero-order valence-electron chi connectivity index (χ0n) is 11.2. The molecule has 6 heteroatoms. The molecule has 0 radical (unpaired) electrons. The number of halogens is 3. The number of hydrogen-bond donors (Lipinski definition) is 1. The summed E-state index contributed by atoms with van der Waals surface area (Å²) in [5.74, 6) is -0.232. The third kappa shape index (κ3) is 4.61. The molecule has 1 unspecified atom stereocenters. The Morgan fingerprint density at radius 1 is 1.16 bits per heavy atom. The van der Waals surface area contributed by atoms with Gasteiger partial charge in [0.1, 0.15) is 6.04 Å². The second kappa shape index (κ2) is 6.90. The van der Waals surface area contributed by atoms with Gasteiger partial charge in [-0.1, -0.05) is 12.8 Å². The maximum Gasteiger partial charge on any atom is 0.404 e. The molecule has 1 atom stereocenters. The van der Waals surface area contributed by atoms with E-state index in [1.54, 1.807) is 0 Å². The van der Waals surface area contributed by atoms with Gasteiger partial charge in [-0.05, 0) is 18.8 Å². The number of morpholine rings is 1. The second-order valence-electron chi connectivity index (χ2n) is 5.47. The number of rotatable bonds is 5. The van der Waals surface area contributed by atoms with Gasteiger partial charge in [0.25, 0.3) is 0 Å². The molecule has 2 rings (SSSR count). The van der Waals surface area contributed by atoms with Crippen LogP contribution < -0.4 is 5.32 Å². The monoisotopic (exact) mass is 280 g/mol. The number of alkyl halides is 3. The molecule has 0 spiro atoms. The van der Waals surface area contributed by atoms with Crippen LogP contribution in [0.1, 0.15) is 25.7 Å². The van der Waals surface area contributed by atoms with Crippen LogP contribution in [-0.4, -0.2) is 56.5 Å². The van der Waals surface area contributed by atoms with Crippen LogP contribution in [-0.2, 0) is 4.74 Å². The lowest BCUT2D eigenvalue weighted by Gasteiger charge is -2.30. The topological polar surface area (TPSA) is 24.5 Å². The summed E-state index contributed by atoms with van der Waals surface area (Å²) in [4.78, 5) is 2.15. The molecule has 2 fully saturated rings. The third-order valence-corrected chi connectivity index (χ3v) is 4.12. The van der Waals surface area contributed by atoms with Crippen molar-refractivity contribution >= 4 is 0 Å². The van der Waals surface area contributed by atoms with Crippen molar-refractivity contribution in [3.63, 3.8) is 0 Å². The Hall–Kier alpha value is -0.330. The fourth-order valence-electron chi connectivity index (χ4n) is 3.04. The molecule has 0 amide bonds. The average molecular weight is 280 g/mol. The molecular formula is C13H23F3N2O. The Kier molecular flexibility index (Phi) is 5.47. The van der Waals surface area contributed by atoms with Crippen LogP contribution in [0, 0.1) is 5.92 Å². The number of nitrogens with zero attached hydrogens (tertiary/aromatic N) is 1. The summed E-state index contributed by atoms with van der Waals surface area (Å²) in [5.41, 5.74) is 0. The molecule has 1 heterocycles. The van der Waals surface area contributed by atoms with Crippen molar-refractivity contribution in [3.05, 3.63) is 0 Å². The normalized spacial score (nSPS) is 24.8. The van der Waals surface area contributed by atoms with Gasteiger partial charge in [0.15, 0.2) is 0 Å². The van der Waals surface area contributed by atoms with E-state index in [2.05, 4.69) is 10.2 Å². The minimum absolute atomic E-state index is 0.232. The van der Waals surface area contributed by atoms with E-state index in [0.717, 1.165) is 25.9 Å². The molecule has 1 aliphatic carbocycles. The van der Waals surface area contributed by atoms with Crippen molar-refractivity contribution in [2.45, 2.75) is 37.9 Å². The first-order chi connectivity index (χ1) is 9.07. The summed E-state index contributed by atoms with van der Waals surface area (Å²) < 4.78 is 44.3. The lowest BCUT2D eigenvalue weighted by Crippen LogP contribution is -2.50. The van der Waals surface area contributed by atoms with Crippen molar-refractivity contribution in [2.24, 2.45) is 5.92 Å². The highest BCUT2D eigenvalue weighted by atomic mass is 19.4. The number of nitrogens with one attached hydrogen (secondary N) is 1. The van der Waals surface area contributed by atoms with Crippen molar-refractivity contribution in [1.82, 2.24) is 10.2 Å². The SMILES string of the molecule is FC(F)(F)C(NCCN1CCOCC1)C1CCCC1. The highest BCUT2D eigenvalue weighted by Crippen LogP contribution is 2.35. The largest absolute Gasteiger partial charge is 0.404 e. The van der Waals surface area contributed by atoms with Gasteiger partial charge >= 0.3 is 6.18 Å². The maximum absolute atomic E-state index is 13.0. The Morgan fingerprint density at radius 2 is 1.79 bits per heavy atom. The maximum atomic E-state index is 13.0. The standard InChI is InChI=1S/C13H23F3N2O/c14-13(15,16)12(11-3-1-2-4-11)17-5-6-18-7-9-19-10-8-18/h11-12,17H,1-10H2. The van der Waals surface area contributed by atoms with E-state index < -0.39 is 12.2 Å². The Balaban J connectivity index is 1.76. The van der Waals surface area contributed by atoms with E-state index in [4.69, 9.17) is 4.74 Å². The highest BCUT2D eigenvalue weighted by Gasteiger charge is 2.44. The van der Waals surface area contributed by atoms with Gasteiger partial charge in [0.05, 0.1) is 13.2 Å². The molecule has 0 aromatic carbocycles. The van der Waals surface area contributed by atoms with Crippen LogP contribution in [0.2, 0.25) is 0 Å². The fraction of sp³-hybridized carbons (Fsp3) is 1.00. The van der Waals surface area contributed by atoms with E-state index in [0.29, 0.717) is 39.1 Å². The summed E-state index contributed by atoms with van der Waals surface area (Å²) in [5, 5.41) is 2.74. The van der Waals surface area contributed by atoms with Gasteiger partial charge in [-0.2, -0.15) is 13.2 Å². The lowest BCUT2D eigenvalue weighted by molar-refractivity contribution is -0.167. The van der Waals surface area contributed by atoms with Crippen molar-refractivity contribution in [1.29, 1.82) is 0 Å². The first-order valence-electron chi connectivity index (χ1n) is 7.17. The van der Waals surface area contributed by atoms with Gasteiger partial charge in [-0.3, -0.25) is 4.90 Å². The zero-order chi connectivity index (χ0) is 13.7. The molecule has 112 valence electrons. The highest BCUT2D eigenvalue weighted by molar-refractivity contribution is 4.86. The van der Waals surface area contributed by atoms with E-state index in [9.17, 15) is 13.2 Å². The first kappa shape index (κ1) is 15.1. The van der Waals surface area contributed by atoms with Crippen LogP contribution in [0.15, 0.2) is 0 Å². The Bertz CT molecular complexity index is 261. The molecule has 1 saturated heterocycles. The molecule has 1 aliphatic heterocycles.